The van der Waals surface area contributed by atoms with E-state index >= 15 is 0 Å². The lowest BCUT2D eigenvalue weighted by Crippen LogP contribution is -2.26. The first-order chi connectivity index (χ1) is 14.3. The highest BCUT2D eigenvalue weighted by molar-refractivity contribution is 7.93. The number of hydrogen-bond donors (Lipinski definition) is 4. The number of hydrogen-bond acceptors (Lipinski definition) is 6. The van der Waals surface area contributed by atoms with Crippen molar-refractivity contribution in [1.29, 1.82) is 0 Å². The Labute approximate surface area is 176 Å². The van der Waals surface area contributed by atoms with Gasteiger partial charge in [0.25, 0.3) is 0 Å². The summed E-state index contributed by atoms with van der Waals surface area (Å²) in [6.07, 6.45) is -0.766. The van der Waals surface area contributed by atoms with Gasteiger partial charge in [0.1, 0.15) is 12.4 Å². The van der Waals surface area contributed by atoms with Crippen molar-refractivity contribution >= 4 is 26.6 Å². The highest BCUT2D eigenvalue weighted by Crippen LogP contribution is 2.21. The fourth-order valence-electron chi connectivity index (χ4n) is 2.91. The van der Waals surface area contributed by atoms with Crippen LogP contribution in [0, 0.1) is 6.92 Å². The van der Waals surface area contributed by atoms with E-state index in [0.29, 0.717) is 30.9 Å². The molecule has 1 heterocycles. The Morgan fingerprint density at radius 1 is 1.20 bits per heavy atom. The lowest BCUT2D eigenvalue weighted by Gasteiger charge is -2.15. The Balaban J connectivity index is 1.46. The lowest BCUT2D eigenvalue weighted by atomic mass is 10.1. The van der Waals surface area contributed by atoms with Gasteiger partial charge in [-0.25, -0.2) is 8.42 Å². The number of anilines is 1. The van der Waals surface area contributed by atoms with Crippen LogP contribution in [0.4, 0.5) is 5.69 Å². The summed E-state index contributed by atoms with van der Waals surface area (Å²) in [5.74, 6) is 0.749. The molecule has 2 aromatic carbocycles. The molecule has 30 heavy (non-hydrogen) atoms. The van der Waals surface area contributed by atoms with Gasteiger partial charge >= 0.3 is 0 Å². The van der Waals surface area contributed by atoms with Crippen molar-refractivity contribution in [3.8, 4) is 5.75 Å². The van der Waals surface area contributed by atoms with Gasteiger partial charge in [-0.15, -0.1) is 0 Å². The Bertz CT molecular complexity index is 1100. The smallest absolute Gasteiger partial charge is 0.235 e. The van der Waals surface area contributed by atoms with Gasteiger partial charge in [0, 0.05) is 30.2 Å². The molecule has 0 aliphatic carbocycles. The first kappa shape index (κ1) is 22.1. The average molecular weight is 433 g/mol. The van der Waals surface area contributed by atoms with Gasteiger partial charge in [0.05, 0.1) is 22.6 Å². The Morgan fingerprint density at radius 3 is 2.77 bits per heavy atom. The molecule has 162 valence electrons. The van der Waals surface area contributed by atoms with Crippen LogP contribution in [0.2, 0.25) is 0 Å². The number of aliphatic hydroxyl groups excluding tert-OH is 1. The molecule has 0 spiro atoms. The maximum Gasteiger partial charge on any atom is 0.235 e. The molecular formula is C21H28N4O4S. The summed E-state index contributed by atoms with van der Waals surface area (Å²) >= 11 is 0. The molecule has 0 aliphatic rings. The molecule has 3 rings (SSSR count). The maximum atomic E-state index is 12.0. The normalized spacial score (nSPS) is 13.0. The molecule has 0 fully saturated rings. The molecular weight excluding hydrogens is 404 g/mol. The second kappa shape index (κ2) is 9.46. The largest absolute Gasteiger partial charge is 0.492 e. The zero-order chi connectivity index (χ0) is 21.7. The van der Waals surface area contributed by atoms with E-state index in [1.165, 1.54) is 0 Å². The first-order valence-electron chi connectivity index (χ1n) is 9.84. The minimum absolute atomic E-state index is 0.322. The van der Waals surface area contributed by atoms with Crippen LogP contribution in [0.3, 0.4) is 0 Å². The van der Waals surface area contributed by atoms with Gasteiger partial charge in [-0.05, 0) is 50.6 Å². The number of nitrogens with one attached hydrogen (secondary N) is 3. The number of rotatable bonds is 10. The van der Waals surface area contributed by atoms with Crippen molar-refractivity contribution in [2.75, 3.05) is 24.4 Å². The number of ether oxygens (including phenoxy) is 1. The quantitative estimate of drug-likeness (QED) is 0.366. The number of sulfonamides is 1. The minimum Gasteiger partial charge on any atom is -0.492 e. The predicted octanol–water partition coefficient (Wildman–Crippen LogP) is 2.72. The van der Waals surface area contributed by atoms with E-state index in [4.69, 9.17) is 4.74 Å². The maximum absolute atomic E-state index is 12.0. The first-order valence-corrected chi connectivity index (χ1v) is 11.4. The molecule has 0 radical (unpaired) electrons. The van der Waals surface area contributed by atoms with E-state index in [9.17, 15) is 13.5 Å². The summed E-state index contributed by atoms with van der Waals surface area (Å²) in [5, 5.41) is 21.2. The zero-order valence-electron chi connectivity index (χ0n) is 17.3. The molecule has 1 aromatic heterocycles. The zero-order valence-corrected chi connectivity index (χ0v) is 18.2. The Hall–Kier alpha value is -2.62. The van der Waals surface area contributed by atoms with Crippen LogP contribution in [0.5, 0.6) is 5.75 Å². The molecule has 3 aromatic rings. The van der Waals surface area contributed by atoms with Crippen LogP contribution in [-0.2, 0) is 10.0 Å². The number of benzene rings is 2. The van der Waals surface area contributed by atoms with Crippen molar-refractivity contribution in [2.45, 2.75) is 32.1 Å². The van der Waals surface area contributed by atoms with Crippen LogP contribution >= 0.6 is 0 Å². The summed E-state index contributed by atoms with van der Waals surface area (Å²) in [7, 11) is -3.43. The molecule has 0 bridgehead atoms. The highest BCUT2D eigenvalue weighted by Gasteiger charge is 2.16. The molecule has 0 saturated carbocycles. The third kappa shape index (κ3) is 5.50. The fourth-order valence-corrected chi connectivity index (χ4v) is 3.61. The van der Waals surface area contributed by atoms with Gasteiger partial charge in [0.2, 0.25) is 10.0 Å². The van der Waals surface area contributed by atoms with Crippen LogP contribution in [0.1, 0.15) is 31.2 Å². The van der Waals surface area contributed by atoms with E-state index in [2.05, 4.69) is 20.2 Å². The third-order valence-electron chi connectivity index (χ3n) is 4.76. The Morgan fingerprint density at radius 2 is 2.00 bits per heavy atom. The van der Waals surface area contributed by atoms with Crippen LogP contribution in [-0.4, -0.2) is 48.7 Å². The second-order valence-corrected chi connectivity index (χ2v) is 9.64. The van der Waals surface area contributed by atoms with Crippen LogP contribution < -0.4 is 14.8 Å². The summed E-state index contributed by atoms with van der Waals surface area (Å²) in [6.45, 7) is 6.49. The van der Waals surface area contributed by atoms with Gasteiger partial charge in [0.15, 0.2) is 0 Å². The number of aryl methyl sites for hydroxylation is 1. The second-order valence-electron chi connectivity index (χ2n) is 7.41. The molecule has 0 amide bonds. The summed E-state index contributed by atoms with van der Waals surface area (Å²) in [6, 6.07) is 12.6. The fraction of sp³-hybridized carbons (Fsp3) is 0.381. The molecule has 1 atom stereocenters. The Kier molecular flexibility index (Phi) is 6.96. The summed E-state index contributed by atoms with van der Waals surface area (Å²) < 4.78 is 32.3. The molecule has 0 aliphatic heterocycles. The summed E-state index contributed by atoms with van der Waals surface area (Å²) in [4.78, 5) is 0. The molecule has 4 N–H and O–H groups in total. The number of fused-ring (bicyclic) bond motifs is 1. The SMILES string of the molecule is Cc1n[nH]c2cc(OCCNC[C@H](O)c3cccc(NS(=O)(=O)C(C)C)c3)ccc12. The predicted molar refractivity (Wildman–Crippen MR) is 118 cm³/mol. The van der Waals surface area contributed by atoms with Crippen molar-refractivity contribution in [1.82, 2.24) is 15.5 Å². The van der Waals surface area contributed by atoms with Crippen LogP contribution in [0.15, 0.2) is 42.5 Å². The number of aliphatic hydroxyl groups is 1. The van der Waals surface area contributed by atoms with Gasteiger partial charge in [-0.1, -0.05) is 12.1 Å². The van der Waals surface area contributed by atoms with Gasteiger partial charge in [-0.2, -0.15) is 5.10 Å². The van der Waals surface area contributed by atoms with E-state index in [-0.39, 0.29) is 0 Å². The van der Waals surface area contributed by atoms with Crippen molar-refractivity contribution in [3.05, 3.63) is 53.7 Å². The van der Waals surface area contributed by atoms with E-state index in [1.54, 1.807) is 38.1 Å². The average Bonchev–Trinajstić information content (AvgIpc) is 3.07. The minimum atomic E-state index is -3.43. The van der Waals surface area contributed by atoms with Crippen molar-refractivity contribution in [3.63, 3.8) is 0 Å². The molecule has 0 saturated heterocycles. The molecule has 9 heteroatoms. The number of H-pyrrole nitrogens is 1. The van der Waals surface area contributed by atoms with Gasteiger partial charge in [-0.3, -0.25) is 9.82 Å². The summed E-state index contributed by atoms with van der Waals surface area (Å²) in [5.41, 5.74) is 2.95. The van der Waals surface area contributed by atoms with E-state index in [0.717, 1.165) is 22.3 Å². The molecule has 8 nitrogen and oxygen atoms in total. The van der Waals surface area contributed by atoms with Gasteiger partial charge < -0.3 is 15.2 Å². The van der Waals surface area contributed by atoms with Crippen molar-refractivity contribution in [2.24, 2.45) is 0 Å². The van der Waals surface area contributed by atoms with E-state index < -0.39 is 21.4 Å². The number of nitrogens with zero attached hydrogens (tertiary/aromatic N) is 1. The molecule has 0 unspecified atom stereocenters. The van der Waals surface area contributed by atoms with Crippen molar-refractivity contribution < 1.29 is 18.3 Å². The number of aromatic nitrogens is 2. The standard InChI is InChI=1S/C21H28N4O4S/c1-14(2)30(27,28)25-17-6-4-5-16(11-17)21(26)13-22-9-10-29-18-7-8-19-15(3)23-24-20(19)12-18/h4-8,11-12,14,21-22,25-26H,9-10,13H2,1-3H3,(H,23,24)/t21-/m0/s1. The topological polar surface area (TPSA) is 116 Å². The third-order valence-corrected chi connectivity index (χ3v) is 6.52. The lowest BCUT2D eigenvalue weighted by molar-refractivity contribution is 0.172. The number of aromatic amines is 1. The highest BCUT2D eigenvalue weighted by atomic mass is 32.2. The van der Waals surface area contributed by atoms with E-state index in [1.807, 2.05) is 25.1 Å². The monoisotopic (exact) mass is 432 g/mol. The van der Waals surface area contributed by atoms with Crippen LogP contribution in [0.25, 0.3) is 10.9 Å².